The number of hydrogen-bond donors (Lipinski definition) is 2. The van der Waals surface area contributed by atoms with E-state index >= 15 is 0 Å². The Morgan fingerprint density at radius 3 is 2.45 bits per heavy atom. The SMILES string of the molecule is CCNS(=O)(=O)c1ccc(C)c(C(=O)NCc2ccc3cc(OC)ccc3c2)c1. The number of carbonyl (C=O) groups excluding carboxylic acids is 1. The van der Waals surface area contributed by atoms with Crippen LogP contribution in [0.3, 0.4) is 0 Å². The Kier molecular flexibility index (Phi) is 6.20. The van der Waals surface area contributed by atoms with Gasteiger partial charge in [-0.1, -0.05) is 31.2 Å². The largest absolute Gasteiger partial charge is 0.497 e. The van der Waals surface area contributed by atoms with Crippen molar-refractivity contribution in [1.29, 1.82) is 0 Å². The Bertz CT molecular complexity index is 1160. The first-order valence-electron chi connectivity index (χ1n) is 9.29. The number of benzene rings is 3. The molecule has 1 amide bonds. The third-order valence-electron chi connectivity index (χ3n) is 4.66. The van der Waals surface area contributed by atoms with Crippen LogP contribution in [0.5, 0.6) is 5.75 Å². The van der Waals surface area contributed by atoms with Gasteiger partial charge in [-0.25, -0.2) is 13.1 Å². The van der Waals surface area contributed by atoms with Crippen LogP contribution in [-0.4, -0.2) is 28.0 Å². The smallest absolute Gasteiger partial charge is 0.251 e. The molecule has 0 unspecified atom stereocenters. The second kappa shape index (κ2) is 8.63. The van der Waals surface area contributed by atoms with Gasteiger partial charge in [0.2, 0.25) is 10.0 Å². The van der Waals surface area contributed by atoms with Crippen molar-refractivity contribution in [2.45, 2.75) is 25.3 Å². The van der Waals surface area contributed by atoms with E-state index in [-0.39, 0.29) is 17.3 Å². The van der Waals surface area contributed by atoms with E-state index in [0.29, 0.717) is 17.7 Å². The molecule has 0 aliphatic rings. The van der Waals surface area contributed by atoms with Crippen LogP contribution in [0.2, 0.25) is 0 Å². The minimum Gasteiger partial charge on any atom is -0.497 e. The van der Waals surface area contributed by atoms with E-state index in [4.69, 9.17) is 4.74 Å². The fraction of sp³-hybridized carbons (Fsp3) is 0.227. The monoisotopic (exact) mass is 412 g/mol. The first-order chi connectivity index (χ1) is 13.8. The van der Waals surface area contributed by atoms with Crippen LogP contribution < -0.4 is 14.8 Å². The molecule has 0 aliphatic carbocycles. The maximum absolute atomic E-state index is 12.7. The van der Waals surface area contributed by atoms with Gasteiger partial charge in [-0.3, -0.25) is 4.79 Å². The van der Waals surface area contributed by atoms with Crippen LogP contribution in [0.1, 0.15) is 28.4 Å². The number of rotatable bonds is 7. The van der Waals surface area contributed by atoms with E-state index in [0.717, 1.165) is 22.1 Å². The molecule has 0 heterocycles. The first-order valence-corrected chi connectivity index (χ1v) is 10.8. The molecule has 0 saturated heterocycles. The first kappa shape index (κ1) is 20.8. The van der Waals surface area contributed by atoms with E-state index in [1.165, 1.54) is 12.1 Å². The molecule has 0 aromatic heterocycles. The van der Waals surface area contributed by atoms with E-state index in [1.807, 2.05) is 36.4 Å². The van der Waals surface area contributed by atoms with E-state index in [9.17, 15) is 13.2 Å². The third kappa shape index (κ3) is 4.75. The molecule has 3 rings (SSSR count). The van der Waals surface area contributed by atoms with Gasteiger partial charge < -0.3 is 10.1 Å². The Labute approximate surface area is 170 Å². The minimum absolute atomic E-state index is 0.0785. The highest BCUT2D eigenvalue weighted by Crippen LogP contribution is 2.22. The van der Waals surface area contributed by atoms with Gasteiger partial charge in [0.05, 0.1) is 12.0 Å². The topological polar surface area (TPSA) is 84.5 Å². The molecule has 0 spiro atoms. The lowest BCUT2D eigenvalue weighted by molar-refractivity contribution is 0.0950. The molecule has 7 heteroatoms. The summed E-state index contributed by atoms with van der Waals surface area (Å²) >= 11 is 0. The Hall–Kier alpha value is -2.90. The summed E-state index contributed by atoms with van der Waals surface area (Å²) in [5.74, 6) is 0.479. The molecule has 3 aromatic carbocycles. The molecule has 3 aromatic rings. The Morgan fingerprint density at radius 1 is 1.00 bits per heavy atom. The second-order valence-corrected chi connectivity index (χ2v) is 8.48. The molecule has 0 atom stereocenters. The van der Waals surface area contributed by atoms with Gasteiger partial charge in [0.25, 0.3) is 5.91 Å². The van der Waals surface area contributed by atoms with Crippen molar-refractivity contribution in [2.24, 2.45) is 0 Å². The summed E-state index contributed by atoms with van der Waals surface area (Å²) in [6, 6.07) is 16.3. The van der Waals surface area contributed by atoms with Crippen LogP contribution in [0, 0.1) is 6.92 Å². The Balaban J connectivity index is 1.78. The van der Waals surface area contributed by atoms with E-state index in [1.54, 1.807) is 27.0 Å². The molecule has 152 valence electrons. The van der Waals surface area contributed by atoms with Crippen LogP contribution in [0.4, 0.5) is 0 Å². The normalized spacial score (nSPS) is 11.4. The standard InChI is InChI=1S/C22H24N2O4S/c1-4-24-29(26,27)20-10-5-15(2)21(13-20)22(25)23-14-16-6-7-18-12-19(28-3)9-8-17(18)11-16/h5-13,24H,4,14H2,1-3H3,(H,23,25). The number of sulfonamides is 1. The van der Waals surface area contributed by atoms with Gasteiger partial charge in [0, 0.05) is 18.7 Å². The fourth-order valence-electron chi connectivity index (χ4n) is 3.07. The summed E-state index contributed by atoms with van der Waals surface area (Å²) in [5, 5.41) is 4.98. The highest BCUT2D eigenvalue weighted by Gasteiger charge is 2.17. The molecular weight excluding hydrogens is 388 g/mol. The van der Waals surface area contributed by atoms with Gasteiger partial charge in [-0.15, -0.1) is 0 Å². The van der Waals surface area contributed by atoms with Crippen molar-refractivity contribution in [3.8, 4) is 5.75 Å². The zero-order valence-corrected chi connectivity index (χ0v) is 17.5. The summed E-state index contributed by atoms with van der Waals surface area (Å²) in [6.07, 6.45) is 0. The predicted molar refractivity (Wildman–Crippen MR) is 114 cm³/mol. The zero-order valence-electron chi connectivity index (χ0n) is 16.7. The Morgan fingerprint density at radius 2 is 1.72 bits per heavy atom. The van der Waals surface area contributed by atoms with Crippen LogP contribution >= 0.6 is 0 Å². The molecule has 0 bridgehead atoms. The average Bonchev–Trinajstić information content (AvgIpc) is 2.71. The zero-order chi connectivity index (χ0) is 21.0. The van der Waals surface area contributed by atoms with Gasteiger partial charge in [-0.2, -0.15) is 0 Å². The maximum atomic E-state index is 12.7. The van der Waals surface area contributed by atoms with Crippen molar-refractivity contribution in [2.75, 3.05) is 13.7 Å². The minimum atomic E-state index is -3.62. The predicted octanol–water partition coefficient (Wildman–Crippen LogP) is 3.39. The highest BCUT2D eigenvalue weighted by atomic mass is 32.2. The van der Waals surface area contributed by atoms with Gasteiger partial charge in [0.15, 0.2) is 0 Å². The van der Waals surface area contributed by atoms with Crippen molar-refractivity contribution in [3.05, 3.63) is 71.3 Å². The molecule has 0 aliphatic heterocycles. The number of methoxy groups -OCH3 is 1. The number of fused-ring (bicyclic) bond motifs is 1. The summed E-state index contributed by atoms with van der Waals surface area (Å²) < 4.78 is 32.1. The van der Waals surface area contributed by atoms with Gasteiger partial charge in [0.1, 0.15) is 5.75 Å². The number of hydrogen-bond acceptors (Lipinski definition) is 4. The van der Waals surface area contributed by atoms with Crippen LogP contribution in [0.15, 0.2) is 59.5 Å². The quantitative estimate of drug-likeness (QED) is 0.623. The second-order valence-electron chi connectivity index (χ2n) is 6.71. The number of carbonyl (C=O) groups is 1. The summed E-state index contributed by atoms with van der Waals surface area (Å²) in [7, 11) is -1.99. The van der Waals surface area contributed by atoms with Crippen LogP contribution in [-0.2, 0) is 16.6 Å². The number of ether oxygens (including phenoxy) is 1. The van der Waals surface area contributed by atoms with Gasteiger partial charge in [-0.05, 0) is 59.2 Å². The lowest BCUT2D eigenvalue weighted by atomic mass is 10.1. The molecule has 0 radical (unpaired) electrons. The van der Waals surface area contributed by atoms with E-state index in [2.05, 4.69) is 10.0 Å². The maximum Gasteiger partial charge on any atom is 0.251 e. The lowest BCUT2D eigenvalue weighted by Gasteiger charge is -2.11. The molecule has 6 nitrogen and oxygen atoms in total. The molecule has 0 saturated carbocycles. The summed E-state index contributed by atoms with van der Waals surface area (Å²) in [5.41, 5.74) is 2.00. The average molecular weight is 413 g/mol. The van der Waals surface area contributed by atoms with Crippen molar-refractivity contribution in [1.82, 2.24) is 10.0 Å². The fourth-order valence-corrected chi connectivity index (χ4v) is 4.14. The molecular formula is C22H24N2O4S. The molecule has 0 fully saturated rings. The highest BCUT2D eigenvalue weighted by molar-refractivity contribution is 7.89. The number of aryl methyl sites for hydroxylation is 1. The number of amides is 1. The van der Waals surface area contributed by atoms with Crippen molar-refractivity contribution < 1.29 is 17.9 Å². The molecule has 2 N–H and O–H groups in total. The van der Waals surface area contributed by atoms with E-state index < -0.39 is 10.0 Å². The van der Waals surface area contributed by atoms with Crippen molar-refractivity contribution in [3.63, 3.8) is 0 Å². The van der Waals surface area contributed by atoms with Crippen LogP contribution in [0.25, 0.3) is 10.8 Å². The summed E-state index contributed by atoms with van der Waals surface area (Å²) in [4.78, 5) is 12.8. The molecule has 29 heavy (non-hydrogen) atoms. The van der Waals surface area contributed by atoms with Crippen molar-refractivity contribution >= 4 is 26.7 Å². The number of nitrogens with one attached hydrogen (secondary N) is 2. The van der Waals surface area contributed by atoms with Gasteiger partial charge >= 0.3 is 0 Å². The third-order valence-corrected chi connectivity index (χ3v) is 6.21. The summed E-state index contributed by atoms with van der Waals surface area (Å²) in [6.45, 7) is 4.11. The lowest BCUT2D eigenvalue weighted by Crippen LogP contribution is -2.26.